The Morgan fingerprint density at radius 3 is 2.54 bits per heavy atom. The molecule has 0 fully saturated rings. The average molecular weight is 404 g/mol. The SMILES string of the molecule is Cc1ccc(NC(=O)CCNS(=O)(=O)c2ccc3c(c2)OCCCO3)c(C)c1. The molecule has 0 aliphatic carbocycles. The molecule has 150 valence electrons. The summed E-state index contributed by atoms with van der Waals surface area (Å²) in [6.45, 7) is 4.89. The monoisotopic (exact) mass is 404 g/mol. The first-order valence-corrected chi connectivity index (χ1v) is 10.6. The fourth-order valence-corrected chi connectivity index (χ4v) is 3.91. The molecule has 2 N–H and O–H groups in total. The summed E-state index contributed by atoms with van der Waals surface area (Å²) >= 11 is 0. The molecular formula is C20H24N2O5S. The molecule has 2 aromatic rings. The summed E-state index contributed by atoms with van der Waals surface area (Å²) in [5.41, 5.74) is 2.79. The van der Waals surface area contributed by atoms with E-state index in [9.17, 15) is 13.2 Å². The number of carbonyl (C=O) groups excluding carboxylic acids is 1. The topological polar surface area (TPSA) is 93.7 Å². The minimum atomic E-state index is -3.75. The van der Waals surface area contributed by atoms with Crippen molar-refractivity contribution in [3.05, 3.63) is 47.5 Å². The highest BCUT2D eigenvalue weighted by Crippen LogP contribution is 2.31. The van der Waals surface area contributed by atoms with Gasteiger partial charge in [0.2, 0.25) is 15.9 Å². The number of nitrogens with one attached hydrogen (secondary N) is 2. The number of benzene rings is 2. The molecule has 0 atom stereocenters. The van der Waals surface area contributed by atoms with Gasteiger partial charge < -0.3 is 14.8 Å². The Bertz CT molecular complexity index is 973. The third-order valence-electron chi connectivity index (χ3n) is 4.33. The van der Waals surface area contributed by atoms with Crippen molar-refractivity contribution >= 4 is 21.6 Å². The van der Waals surface area contributed by atoms with Crippen molar-refractivity contribution < 1.29 is 22.7 Å². The number of aryl methyl sites for hydroxylation is 2. The largest absolute Gasteiger partial charge is 0.490 e. The van der Waals surface area contributed by atoms with Crippen LogP contribution >= 0.6 is 0 Å². The van der Waals surface area contributed by atoms with Crippen LogP contribution in [0.5, 0.6) is 11.5 Å². The van der Waals surface area contributed by atoms with Crippen LogP contribution in [-0.4, -0.2) is 34.1 Å². The Hall–Kier alpha value is -2.58. The Morgan fingerprint density at radius 1 is 1.04 bits per heavy atom. The summed E-state index contributed by atoms with van der Waals surface area (Å²) in [5.74, 6) is 0.686. The molecular weight excluding hydrogens is 380 g/mol. The average Bonchev–Trinajstić information content (AvgIpc) is 2.88. The predicted octanol–water partition coefficient (Wildman–Crippen LogP) is 2.77. The first-order chi connectivity index (χ1) is 13.3. The van der Waals surface area contributed by atoms with E-state index in [0.717, 1.165) is 23.2 Å². The number of sulfonamides is 1. The Labute approximate surface area is 165 Å². The maximum absolute atomic E-state index is 12.5. The van der Waals surface area contributed by atoms with Crippen molar-refractivity contribution in [2.75, 3.05) is 25.1 Å². The van der Waals surface area contributed by atoms with Crippen LogP contribution in [0.15, 0.2) is 41.3 Å². The molecule has 0 spiro atoms. The third-order valence-corrected chi connectivity index (χ3v) is 5.79. The van der Waals surface area contributed by atoms with Gasteiger partial charge in [-0.25, -0.2) is 13.1 Å². The van der Waals surface area contributed by atoms with Gasteiger partial charge in [0.1, 0.15) is 0 Å². The maximum Gasteiger partial charge on any atom is 0.240 e. The van der Waals surface area contributed by atoms with Crippen LogP contribution in [0.1, 0.15) is 24.0 Å². The van der Waals surface area contributed by atoms with E-state index in [0.29, 0.717) is 24.7 Å². The molecule has 0 saturated carbocycles. The lowest BCUT2D eigenvalue weighted by molar-refractivity contribution is -0.116. The first-order valence-electron chi connectivity index (χ1n) is 9.11. The lowest BCUT2D eigenvalue weighted by Crippen LogP contribution is -2.28. The molecule has 1 aliphatic rings. The Balaban J connectivity index is 1.57. The van der Waals surface area contributed by atoms with Gasteiger partial charge >= 0.3 is 0 Å². The van der Waals surface area contributed by atoms with Crippen molar-refractivity contribution in [2.24, 2.45) is 0 Å². The second-order valence-electron chi connectivity index (χ2n) is 6.67. The minimum Gasteiger partial charge on any atom is -0.490 e. The molecule has 3 rings (SSSR count). The van der Waals surface area contributed by atoms with Gasteiger partial charge in [-0.15, -0.1) is 0 Å². The van der Waals surface area contributed by atoms with Crippen molar-refractivity contribution in [1.82, 2.24) is 4.72 Å². The zero-order valence-electron chi connectivity index (χ0n) is 15.9. The van der Waals surface area contributed by atoms with Crippen LogP contribution in [-0.2, 0) is 14.8 Å². The van der Waals surface area contributed by atoms with Gasteiger partial charge in [-0.3, -0.25) is 4.79 Å². The van der Waals surface area contributed by atoms with Crippen molar-refractivity contribution in [3.63, 3.8) is 0 Å². The van der Waals surface area contributed by atoms with Crippen LogP contribution in [0.4, 0.5) is 5.69 Å². The molecule has 1 aliphatic heterocycles. The fourth-order valence-electron chi connectivity index (χ4n) is 2.86. The minimum absolute atomic E-state index is 0.00643. The molecule has 0 unspecified atom stereocenters. The number of ether oxygens (including phenoxy) is 2. The molecule has 28 heavy (non-hydrogen) atoms. The zero-order chi connectivity index (χ0) is 20.1. The Kier molecular flexibility index (Phi) is 6.21. The van der Waals surface area contributed by atoms with E-state index >= 15 is 0 Å². The van der Waals surface area contributed by atoms with E-state index in [1.807, 2.05) is 32.0 Å². The van der Waals surface area contributed by atoms with Crippen LogP contribution in [0.3, 0.4) is 0 Å². The molecule has 0 aromatic heterocycles. The highest BCUT2D eigenvalue weighted by atomic mass is 32.2. The van der Waals surface area contributed by atoms with Gasteiger partial charge in [0.25, 0.3) is 0 Å². The molecule has 8 heteroatoms. The third kappa shape index (κ3) is 5.02. The summed E-state index contributed by atoms with van der Waals surface area (Å²) in [5, 5.41) is 2.80. The normalized spacial score (nSPS) is 13.6. The maximum atomic E-state index is 12.5. The molecule has 1 amide bonds. The second-order valence-corrected chi connectivity index (χ2v) is 8.44. The van der Waals surface area contributed by atoms with E-state index < -0.39 is 10.0 Å². The summed E-state index contributed by atoms with van der Waals surface area (Å²) in [4.78, 5) is 12.2. The number of hydrogen-bond donors (Lipinski definition) is 2. The molecule has 7 nitrogen and oxygen atoms in total. The molecule has 0 radical (unpaired) electrons. The quantitative estimate of drug-likeness (QED) is 0.772. The number of amides is 1. The smallest absolute Gasteiger partial charge is 0.240 e. The zero-order valence-corrected chi connectivity index (χ0v) is 16.8. The van der Waals surface area contributed by atoms with Gasteiger partial charge in [-0.1, -0.05) is 17.7 Å². The lowest BCUT2D eigenvalue weighted by atomic mass is 10.1. The number of fused-ring (bicyclic) bond motifs is 1. The van der Waals surface area contributed by atoms with E-state index in [1.165, 1.54) is 12.1 Å². The van der Waals surface area contributed by atoms with E-state index in [2.05, 4.69) is 10.0 Å². The highest BCUT2D eigenvalue weighted by molar-refractivity contribution is 7.89. The van der Waals surface area contributed by atoms with E-state index in [1.54, 1.807) is 6.07 Å². The molecule has 0 saturated heterocycles. The van der Waals surface area contributed by atoms with E-state index in [-0.39, 0.29) is 23.8 Å². The number of carbonyl (C=O) groups is 1. The van der Waals surface area contributed by atoms with Gasteiger partial charge in [0.15, 0.2) is 11.5 Å². The number of hydrogen-bond acceptors (Lipinski definition) is 5. The first kappa shape index (κ1) is 20.2. The van der Waals surface area contributed by atoms with Crippen LogP contribution < -0.4 is 19.5 Å². The van der Waals surface area contributed by atoms with Gasteiger partial charge in [0, 0.05) is 31.1 Å². The van der Waals surface area contributed by atoms with Gasteiger partial charge in [-0.2, -0.15) is 0 Å². The summed E-state index contributed by atoms with van der Waals surface area (Å²) < 4.78 is 38.5. The van der Waals surface area contributed by atoms with Crippen LogP contribution in [0.25, 0.3) is 0 Å². The van der Waals surface area contributed by atoms with Crippen LogP contribution in [0.2, 0.25) is 0 Å². The summed E-state index contributed by atoms with van der Waals surface area (Å²) in [6, 6.07) is 10.2. The number of rotatable bonds is 6. The Morgan fingerprint density at radius 2 is 1.79 bits per heavy atom. The fraction of sp³-hybridized carbons (Fsp3) is 0.350. The number of anilines is 1. The highest BCUT2D eigenvalue weighted by Gasteiger charge is 2.19. The second kappa shape index (κ2) is 8.62. The van der Waals surface area contributed by atoms with Crippen molar-refractivity contribution in [1.29, 1.82) is 0 Å². The van der Waals surface area contributed by atoms with Gasteiger partial charge in [0.05, 0.1) is 18.1 Å². The summed E-state index contributed by atoms with van der Waals surface area (Å²) in [6.07, 6.45) is 0.766. The predicted molar refractivity (Wildman–Crippen MR) is 106 cm³/mol. The van der Waals surface area contributed by atoms with Crippen molar-refractivity contribution in [2.45, 2.75) is 31.6 Å². The van der Waals surface area contributed by atoms with Crippen LogP contribution in [0, 0.1) is 13.8 Å². The molecule has 0 bridgehead atoms. The van der Waals surface area contributed by atoms with Gasteiger partial charge in [-0.05, 0) is 37.6 Å². The van der Waals surface area contributed by atoms with Crippen molar-refractivity contribution in [3.8, 4) is 11.5 Å². The lowest BCUT2D eigenvalue weighted by Gasteiger charge is -2.11. The standard InChI is InChI=1S/C20H24N2O5S/c1-14-4-6-17(15(2)12-14)22-20(23)8-9-21-28(24,25)16-5-7-18-19(13-16)27-11-3-10-26-18/h4-7,12-13,21H,3,8-11H2,1-2H3,(H,22,23). The van der Waals surface area contributed by atoms with E-state index in [4.69, 9.17) is 9.47 Å². The molecule has 2 aromatic carbocycles. The summed E-state index contributed by atoms with van der Waals surface area (Å²) in [7, 11) is -3.75. The molecule has 1 heterocycles.